The highest BCUT2D eigenvalue weighted by Crippen LogP contribution is 2.36. The van der Waals surface area contributed by atoms with Gasteiger partial charge in [0.25, 0.3) is 5.91 Å². The van der Waals surface area contributed by atoms with Crippen LogP contribution in [0.2, 0.25) is 0 Å². The predicted molar refractivity (Wildman–Crippen MR) is 124 cm³/mol. The summed E-state index contributed by atoms with van der Waals surface area (Å²) in [4.78, 5) is 18.0. The Balaban J connectivity index is 1.60. The topological polar surface area (TPSA) is 77.3 Å². The van der Waals surface area contributed by atoms with Crippen molar-refractivity contribution in [1.82, 2.24) is 10.3 Å². The first-order chi connectivity index (χ1) is 15.1. The normalized spacial score (nSPS) is 17.3. The number of nitrogens with one attached hydrogen (secondary N) is 1. The average molecular weight is 493 g/mol. The molecular weight excluding hydrogens is 476 g/mol. The number of hydrazone groups is 1. The lowest BCUT2D eigenvalue weighted by Crippen LogP contribution is -2.50. The van der Waals surface area contributed by atoms with E-state index in [0.29, 0.717) is 22.0 Å². The van der Waals surface area contributed by atoms with Gasteiger partial charge in [0.1, 0.15) is 11.4 Å². The summed E-state index contributed by atoms with van der Waals surface area (Å²) in [7, 11) is 0. The van der Waals surface area contributed by atoms with E-state index in [0.717, 1.165) is 20.8 Å². The number of fused-ring (bicyclic) bond motifs is 2. The molecule has 0 saturated heterocycles. The van der Waals surface area contributed by atoms with Crippen LogP contribution in [0.3, 0.4) is 0 Å². The molecule has 0 spiro atoms. The fourth-order valence-electron chi connectivity index (χ4n) is 3.55. The zero-order chi connectivity index (χ0) is 21.4. The van der Waals surface area contributed by atoms with Gasteiger partial charge in [-0.2, -0.15) is 0 Å². The van der Waals surface area contributed by atoms with Gasteiger partial charge in [-0.25, -0.2) is 5.01 Å². The van der Waals surface area contributed by atoms with E-state index in [4.69, 9.17) is 10.1 Å². The van der Waals surface area contributed by atoms with Crippen LogP contribution in [0.4, 0.5) is 0 Å². The molecule has 2 heterocycles. The Morgan fingerprint density at radius 2 is 1.84 bits per heavy atom. The Bertz CT molecular complexity index is 1330. The Labute approximate surface area is 191 Å². The highest BCUT2D eigenvalue weighted by Gasteiger charge is 2.35. The number of rotatable bonds is 3. The molecule has 1 unspecified atom stereocenters. The monoisotopic (exact) mass is 492 g/mol. The number of hydrogen-bond acceptors (Lipinski definition) is 6. The van der Waals surface area contributed by atoms with Gasteiger partial charge < -0.3 is 5.11 Å². The van der Waals surface area contributed by atoms with Crippen molar-refractivity contribution in [2.24, 2.45) is 10.1 Å². The molecule has 3 aromatic rings. The molecule has 154 valence electrons. The lowest BCUT2D eigenvalue weighted by molar-refractivity contribution is -0.116. The molecular formula is C23H17BrN4O2S. The average Bonchev–Trinajstić information content (AvgIpc) is 2.79. The van der Waals surface area contributed by atoms with Crippen LogP contribution >= 0.6 is 27.7 Å². The van der Waals surface area contributed by atoms with Gasteiger partial charge in [0.2, 0.25) is 0 Å². The Hall–Kier alpha value is -3.10. The molecule has 3 aromatic carbocycles. The number of carbonyl (C=O) groups excluding carboxylic acids is 1. The van der Waals surface area contributed by atoms with Gasteiger partial charge in [0, 0.05) is 21.0 Å². The van der Waals surface area contributed by atoms with Gasteiger partial charge in [0.05, 0.1) is 5.36 Å². The molecule has 1 atom stereocenters. The molecule has 0 radical (unpaired) electrons. The number of nitrogens with zero attached hydrogens (tertiary/aromatic N) is 3. The Morgan fingerprint density at radius 3 is 2.68 bits per heavy atom. The van der Waals surface area contributed by atoms with Crippen molar-refractivity contribution in [3.8, 4) is 5.75 Å². The maximum Gasteiger partial charge on any atom is 0.276 e. The molecule has 1 amide bonds. The van der Waals surface area contributed by atoms with Gasteiger partial charge >= 0.3 is 0 Å². The molecule has 31 heavy (non-hydrogen) atoms. The van der Waals surface area contributed by atoms with Crippen LogP contribution in [0.15, 0.2) is 87.4 Å². The van der Waals surface area contributed by atoms with Crippen molar-refractivity contribution >= 4 is 44.5 Å². The minimum Gasteiger partial charge on any atom is -0.508 e. The van der Waals surface area contributed by atoms with Crippen LogP contribution in [0.1, 0.15) is 17.3 Å². The number of benzene rings is 3. The van der Waals surface area contributed by atoms with E-state index in [1.165, 1.54) is 11.8 Å². The van der Waals surface area contributed by atoms with Crippen LogP contribution in [0.25, 0.3) is 5.70 Å². The summed E-state index contributed by atoms with van der Waals surface area (Å²) >= 11 is 5.01. The fourth-order valence-corrected chi connectivity index (χ4v) is 4.81. The maximum absolute atomic E-state index is 13.2. The SMILES string of the molecule is O=C1NC(SCc2ccccc2)=NN2C1=c1ccccc1=NC2c1cc(O)ccc1Br. The number of carbonyl (C=O) groups is 1. The number of phenolic OH excluding ortho intramolecular Hbond substituents is 1. The minimum atomic E-state index is -0.593. The Kier molecular flexibility index (Phi) is 5.25. The second-order valence-electron chi connectivity index (χ2n) is 7.05. The molecule has 2 aliphatic heterocycles. The van der Waals surface area contributed by atoms with Gasteiger partial charge in [-0.15, -0.1) is 5.10 Å². The van der Waals surface area contributed by atoms with Crippen LogP contribution in [0.5, 0.6) is 5.75 Å². The lowest BCUT2D eigenvalue weighted by atomic mass is 10.1. The molecule has 8 heteroatoms. The quantitative estimate of drug-likeness (QED) is 0.588. The molecule has 5 rings (SSSR count). The number of thioether (sulfide) groups is 1. The fraction of sp³-hybridized carbons (Fsp3) is 0.0870. The van der Waals surface area contributed by atoms with E-state index in [2.05, 4.69) is 21.2 Å². The van der Waals surface area contributed by atoms with E-state index in [-0.39, 0.29) is 11.7 Å². The van der Waals surface area contributed by atoms with Crippen LogP contribution in [0, 0.1) is 0 Å². The molecule has 0 fully saturated rings. The summed E-state index contributed by atoms with van der Waals surface area (Å²) in [5.41, 5.74) is 2.30. The number of halogens is 1. The molecule has 2 aliphatic rings. The van der Waals surface area contributed by atoms with E-state index in [1.54, 1.807) is 23.2 Å². The van der Waals surface area contributed by atoms with E-state index >= 15 is 0 Å². The zero-order valence-electron chi connectivity index (χ0n) is 16.2. The van der Waals surface area contributed by atoms with Crippen molar-refractivity contribution in [2.45, 2.75) is 11.9 Å². The Morgan fingerprint density at radius 1 is 1.06 bits per heavy atom. The third-order valence-electron chi connectivity index (χ3n) is 4.99. The summed E-state index contributed by atoms with van der Waals surface area (Å²) in [5, 5.41) is 21.3. The highest BCUT2D eigenvalue weighted by molar-refractivity contribution is 9.10. The van der Waals surface area contributed by atoms with Crippen molar-refractivity contribution in [2.75, 3.05) is 0 Å². The van der Waals surface area contributed by atoms with Crippen molar-refractivity contribution in [3.05, 3.63) is 99.0 Å². The first kappa shape index (κ1) is 19.8. The van der Waals surface area contributed by atoms with E-state index in [9.17, 15) is 9.90 Å². The van der Waals surface area contributed by atoms with Gasteiger partial charge in [-0.1, -0.05) is 76.2 Å². The maximum atomic E-state index is 13.2. The molecule has 0 saturated carbocycles. The first-order valence-corrected chi connectivity index (χ1v) is 11.4. The second-order valence-corrected chi connectivity index (χ2v) is 8.87. The van der Waals surface area contributed by atoms with Crippen LogP contribution < -0.4 is 15.9 Å². The van der Waals surface area contributed by atoms with Gasteiger partial charge in [-0.3, -0.25) is 15.1 Å². The van der Waals surface area contributed by atoms with Gasteiger partial charge in [-0.05, 0) is 29.8 Å². The lowest BCUT2D eigenvalue weighted by Gasteiger charge is -2.34. The molecule has 0 aliphatic carbocycles. The van der Waals surface area contributed by atoms with Crippen LogP contribution in [-0.4, -0.2) is 21.2 Å². The summed E-state index contributed by atoms with van der Waals surface area (Å²) in [6, 6.07) is 22.5. The second kappa shape index (κ2) is 8.20. The first-order valence-electron chi connectivity index (χ1n) is 9.62. The third kappa shape index (κ3) is 3.84. The summed E-state index contributed by atoms with van der Waals surface area (Å²) in [6.45, 7) is 0. The number of amidine groups is 1. The molecule has 2 N–H and O–H groups in total. The summed E-state index contributed by atoms with van der Waals surface area (Å²) < 4.78 is 0.775. The van der Waals surface area contributed by atoms with Crippen molar-refractivity contribution in [1.29, 1.82) is 0 Å². The summed E-state index contributed by atoms with van der Waals surface area (Å²) in [6.07, 6.45) is -0.593. The van der Waals surface area contributed by atoms with Crippen LogP contribution in [-0.2, 0) is 10.5 Å². The highest BCUT2D eigenvalue weighted by atomic mass is 79.9. The predicted octanol–water partition coefficient (Wildman–Crippen LogP) is 3.23. The number of aromatic hydroxyl groups is 1. The van der Waals surface area contributed by atoms with Crippen molar-refractivity contribution in [3.63, 3.8) is 0 Å². The smallest absolute Gasteiger partial charge is 0.276 e. The van der Waals surface area contributed by atoms with E-state index < -0.39 is 6.17 Å². The summed E-state index contributed by atoms with van der Waals surface area (Å²) in [5.74, 6) is 0.573. The minimum absolute atomic E-state index is 0.123. The molecule has 6 nitrogen and oxygen atoms in total. The third-order valence-corrected chi connectivity index (χ3v) is 6.65. The van der Waals surface area contributed by atoms with Crippen molar-refractivity contribution < 1.29 is 9.90 Å². The molecule has 0 aromatic heterocycles. The van der Waals surface area contributed by atoms with Gasteiger partial charge in [0.15, 0.2) is 11.3 Å². The van der Waals surface area contributed by atoms with E-state index in [1.807, 2.05) is 54.6 Å². The number of hydrogen-bond donors (Lipinski definition) is 2. The number of phenols is 1. The largest absolute Gasteiger partial charge is 0.508 e. The number of para-hydroxylation sites is 1. The zero-order valence-corrected chi connectivity index (χ0v) is 18.6. The standard InChI is InChI=1S/C23H17BrN4O2S/c24-18-11-10-15(29)12-17(18)21-25-19-9-5-4-8-16(19)20-22(30)26-23(27-28(20)21)31-13-14-6-2-1-3-7-14/h1-12,21,29H,13H2,(H,26,27,30). The number of amides is 1. The molecule has 0 bridgehead atoms.